The van der Waals surface area contributed by atoms with Crippen molar-refractivity contribution in [3.05, 3.63) is 24.3 Å². The molecule has 0 aliphatic heterocycles. The van der Waals surface area contributed by atoms with Crippen LogP contribution in [0.1, 0.15) is 20.8 Å². The van der Waals surface area contributed by atoms with Crippen LogP contribution in [0.15, 0.2) is 24.3 Å². The average Bonchev–Trinajstić information content (AvgIpc) is 2.35. The molecule has 19 heavy (non-hydrogen) atoms. The largest absolute Gasteiger partial charge is 0.497 e. The number of methoxy groups -OCH3 is 1. The van der Waals surface area contributed by atoms with Gasteiger partial charge in [0, 0.05) is 6.07 Å². The summed E-state index contributed by atoms with van der Waals surface area (Å²) in [5.74, 6) is 1.23. The lowest BCUT2D eigenvalue weighted by Gasteiger charge is -2.20. The molecule has 1 rings (SSSR count). The summed E-state index contributed by atoms with van der Waals surface area (Å²) in [7, 11) is 1.60. The van der Waals surface area contributed by atoms with Crippen LogP contribution in [0.4, 0.5) is 0 Å². The molecule has 0 saturated heterocycles. The van der Waals surface area contributed by atoms with Crippen molar-refractivity contribution in [2.24, 2.45) is 5.73 Å². The molecule has 0 heterocycles. The summed E-state index contributed by atoms with van der Waals surface area (Å²) in [4.78, 5) is 11.6. The van der Waals surface area contributed by atoms with Gasteiger partial charge in [-0.2, -0.15) is 0 Å². The minimum atomic E-state index is -0.879. The number of carbonyl (C=O) groups excluding carboxylic acids is 1. The summed E-state index contributed by atoms with van der Waals surface area (Å²) < 4.78 is 10.8. The lowest BCUT2D eigenvalue weighted by Crippen LogP contribution is -2.50. The zero-order valence-electron chi connectivity index (χ0n) is 11.9. The predicted molar refractivity (Wildman–Crippen MR) is 74.4 cm³/mol. The first-order valence-corrected chi connectivity index (χ1v) is 6.21. The average molecular weight is 266 g/mol. The molecule has 0 aliphatic rings. The highest BCUT2D eigenvalue weighted by Gasteiger charge is 2.21. The van der Waals surface area contributed by atoms with Crippen LogP contribution in [0.2, 0.25) is 0 Å². The van der Waals surface area contributed by atoms with Gasteiger partial charge < -0.3 is 20.5 Å². The van der Waals surface area contributed by atoms with Gasteiger partial charge >= 0.3 is 0 Å². The van der Waals surface area contributed by atoms with Crippen molar-refractivity contribution in [2.75, 3.05) is 13.7 Å². The first kappa shape index (κ1) is 15.3. The van der Waals surface area contributed by atoms with Crippen LogP contribution in [-0.4, -0.2) is 31.2 Å². The molecule has 5 heteroatoms. The van der Waals surface area contributed by atoms with E-state index in [9.17, 15) is 4.79 Å². The highest BCUT2D eigenvalue weighted by atomic mass is 16.5. The van der Waals surface area contributed by atoms with Gasteiger partial charge in [-0.1, -0.05) is 6.07 Å². The number of hydrogen-bond donors (Lipinski definition) is 2. The number of amides is 1. The van der Waals surface area contributed by atoms with Gasteiger partial charge in [-0.15, -0.1) is 0 Å². The Morgan fingerprint density at radius 2 is 2.05 bits per heavy atom. The van der Waals surface area contributed by atoms with Gasteiger partial charge in [0.15, 0.2) is 0 Å². The third-order valence-corrected chi connectivity index (χ3v) is 2.51. The molecule has 0 spiro atoms. The Kier molecular flexibility index (Phi) is 5.18. The SMILES string of the molecule is COc1cccc(OC(C)CNC(=O)C(C)(C)N)c1. The molecule has 1 amide bonds. The summed E-state index contributed by atoms with van der Waals surface area (Å²) in [5.41, 5.74) is 4.81. The minimum Gasteiger partial charge on any atom is -0.497 e. The van der Waals surface area contributed by atoms with Crippen molar-refractivity contribution in [1.82, 2.24) is 5.32 Å². The smallest absolute Gasteiger partial charge is 0.239 e. The zero-order valence-corrected chi connectivity index (χ0v) is 11.9. The molecule has 0 fully saturated rings. The summed E-state index contributed by atoms with van der Waals surface area (Å²) >= 11 is 0. The molecular weight excluding hydrogens is 244 g/mol. The van der Waals surface area contributed by atoms with Gasteiger partial charge in [-0.3, -0.25) is 4.79 Å². The van der Waals surface area contributed by atoms with E-state index < -0.39 is 5.54 Å². The Bertz CT molecular complexity index is 427. The maximum Gasteiger partial charge on any atom is 0.239 e. The van der Waals surface area contributed by atoms with E-state index in [2.05, 4.69) is 5.32 Å². The van der Waals surface area contributed by atoms with Crippen molar-refractivity contribution in [1.29, 1.82) is 0 Å². The van der Waals surface area contributed by atoms with E-state index in [1.807, 2.05) is 25.1 Å². The topological polar surface area (TPSA) is 73.6 Å². The quantitative estimate of drug-likeness (QED) is 0.814. The predicted octanol–water partition coefficient (Wildman–Crippen LogP) is 1.32. The lowest BCUT2D eigenvalue weighted by molar-refractivity contribution is -0.125. The fourth-order valence-electron chi connectivity index (χ4n) is 1.41. The Morgan fingerprint density at radius 3 is 2.63 bits per heavy atom. The Hall–Kier alpha value is -1.75. The van der Waals surface area contributed by atoms with Crippen LogP contribution in [0, 0.1) is 0 Å². The molecule has 0 radical (unpaired) electrons. The number of carbonyl (C=O) groups is 1. The number of ether oxygens (including phenoxy) is 2. The van der Waals surface area contributed by atoms with Crippen molar-refractivity contribution < 1.29 is 14.3 Å². The molecule has 0 saturated carbocycles. The summed E-state index contributed by atoms with van der Waals surface area (Å²) in [6.07, 6.45) is -0.154. The van der Waals surface area contributed by atoms with Crippen LogP contribution in [0.25, 0.3) is 0 Å². The second-order valence-corrected chi connectivity index (χ2v) is 5.04. The van der Waals surface area contributed by atoms with Gasteiger partial charge in [-0.25, -0.2) is 0 Å². The van der Waals surface area contributed by atoms with Crippen LogP contribution in [-0.2, 0) is 4.79 Å². The van der Waals surface area contributed by atoms with Crippen molar-refractivity contribution in [2.45, 2.75) is 32.4 Å². The van der Waals surface area contributed by atoms with Gasteiger partial charge in [0.25, 0.3) is 0 Å². The zero-order chi connectivity index (χ0) is 14.5. The highest BCUT2D eigenvalue weighted by molar-refractivity contribution is 5.85. The van der Waals surface area contributed by atoms with Gasteiger partial charge in [0.05, 0.1) is 19.2 Å². The van der Waals surface area contributed by atoms with Crippen molar-refractivity contribution in [3.8, 4) is 11.5 Å². The van der Waals surface area contributed by atoms with E-state index in [-0.39, 0.29) is 12.0 Å². The number of rotatable bonds is 6. The Morgan fingerprint density at radius 1 is 1.42 bits per heavy atom. The molecule has 0 bridgehead atoms. The van der Waals surface area contributed by atoms with E-state index in [0.717, 1.165) is 5.75 Å². The Balaban J connectivity index is 2.47. The lowest BCUT2D eigenvalue weighted by atomic mass is 10.1. The first-order chi connectivity index (χ1) is 8.82. The molecule has 0 aliphatic carbocycles. The van der Waals surface area contributed by atoms with E-state index in [0.29, 0.717) is 12.3 Å². The number of nitrogens with one attached hydrogen (secondary N) is 1. The fourth-order valence-corrected chi connectivity index (χ4v) is 1.41. The Labute approximate surface area is 114 Å². The fraction of sp³-hybridized carbons (Fsp3) is 0.500. The molecule has 5 nitrogen and oxygen atoms in total. The van der Waals surface area contributed by atoms with Crippen LogP contribution in [0.3, 0.4) is 0 Å². The monoisotopic (exact) mass is 266 g/mol. The van der Waals surface area contributed by atoms with Gasteiger partial charge in [0.1, 0.15) is 17.6 Å². The minimum absolute atomic E-state index is 0.154. The summed E-state index contributed by atoms with van der Waals surface area (Å²) in [5, 5.41) is 2.75. The van der Waals surface area contributed by atoms with Gasteiger partial charge in [0.2, 0.25) is 5.91 Å². The third-order valence-electron chi connectivity index (χ3n) is 2.51. The molecule has 3 N–H and O–H groups in total. The van der Waals surface area contributed by atoms with E-state index in [1.54, 1.807) is 27.0 Å². The number of benzene rings is 1. The second-order valence-electron chi connectivity index (χ2n) is 5.04. The van der Waals surface area contributed by atoms with Crippen molar-refractivity contribution in [3.63, 3.8) is 0 Å². The highest BCUT2D eigenvalue weighted by Crippen LogP contribution is 2.19. The number of hydrogen-bond acceptors (Lipinski definition) is 4. The van der Waals surface area contributed by atoms with Crippen LogP contribution in [0.5, 0.6) is 11.5 Å². The molecule has 1 aromatic carbocycles. The summed E-state index contributed by atoms with van der Waals surface area (Å²) in [6, 6.07) is 7.33. The normalized spacial score (nSPS) is 12.7. The number of nitrogens with two attached hydrogens (primary N) is 1. The molecule has 106 valence electrons. The van der Waals surface area contributed by atoms with E-state index >= 15 is 0 Å². The van der Waals surface area contributed by atoms with E-state index in [4.69, 9.17) is 15.2 Å². The third kappa shape index (κ3) is 5.18. The van der Waals surface area contributed by atoms with Crippen LogP contribution < -0.4 is 20.5 Å². The molecule has 1 atom stereocenters. The maximum atomic E-state index is 11.6. The van der Waals surface area contributed by atoms with Crippen LogP contribution >= 0.6 is 0 Å². The van der Waals surface area contributed by atoms with Gasteiger partial charge in [-0.05, 0) is 32.9 Å². The molecule has 0 aromatic heterocycles. The molecular formula is C14H22N2O3. The molecule has 1 aromatic rings. The van der Waals surface area contributed by atoms with Crippen molar-refractivity contribution >= 4 is 5.91 Å². The molecule has 1 unspecified atom stereocenters. The first-order valence-electron chi connectivity index (χ1n) is 6.21. The summed E-state index contributed by atoms with van der Waals surface area (Å²) in [6.45, 7) is 5.60. The maximum absolute atomic E-state index is 11.6. The second kappa shape index (κ2) is 6.43. The van der Waals surface area contributed by atoms with E-state index in [1.165, 1.54) is 0 Å². The standard InChI is InChI=1S/C14H22N2O3/c1-10(9-16-13(17)14(2,3)15)19-12-7-5-6-11(8-12)18-4/h5-8,10H,9,15H2,1-4H3,(H,16,17).